The SMILES string of the molecule is CC[C@H]1C(=O)C2C3CC[C@H]([C@H](C)CCC(=O)OC)[C@@]3(C)C(Br)C(O)C2[C@@]2(C)CC[C@@H](OC(C)=O)C[C@@H]12. The first-order chi connectivity index (χ1) is 16.9. The van der Waals surface area contributed by atoms with Crippen LogP contribution < -0.4 is 0 Å². The van der Waals surface area contributed by atoms with Gasteiger partial charge < -0.3 is 14.6 Å². The Kier molecular flexibility index (Phi) is 8.04. The normalized spacial score (nSPS) is 46.8. The number of Topliss-reactive ketones (excluding diaryl/α,β-unsaturated/α-hetero) is 1. The van der Waals surface area contributed by atoms with Crippen molar-refractivity contribution in [3.05, 3.63) is 0 Å². The minimum absolute atomic E-state index is 0.0614. The lowest BCUT2D eigenvalue weighted by molar-refractivity contribution is -0.197. The summed E-state index contributed by atoms with van der Waals surface area (Å²) in [7, 11) is 1.43. The summed E-state index contributed by atoms with van der Waals surface area (Å²) in [6.07, 6.45) is 5.53. The number of esters is 2. The van der Waals surface area contributed by atoms with Crippen LogP contribution in [0.4, 0.5) is 0 Å². The van der Waals surface area contributed by atoms with Gasteiger partial charge in [-0.3, -0.25) is 14.4 Å². The molecule has 36 heavy (non-hydrogen) atoms. The monoisotopic (exact) mass is 568 g/mol. The second-order valence-electron chi connectivity index (χ2n) is 12.7. The second kappa shape index (κ2) is 10.3. The third kappa shape index (κ3) is 4.28. The minimum atomic E-state index is -0.621. The maximum Gasteiger partial charge on any atom is 0.305 e. The average molecular weight is 570 g/mol. The molecule has 0 amide bonds. The molecule has 4 saturated carbocycles. The maximum absolute atomic E-state index is 14.3. The molecule has 0 heterocycles. The van der Waals surface area contributed by atoms with Gasteiger partial charge in [0, 0.05) is 35.9 Å². The topological polar surface area (TPSA) is 89.9 Å². The first-order valence-electron chi connectivity index (χ1n) is 14.0. The second-order valence-corrected chi connectivity index (χ2v) is 13.7. The van der Waals surface area contributed by atoms with Gasteiger partial charge in [0.1, 0.15) is 11.9 Å². The number of rotatable bonds is 6. The highest BCUT2D eigenvalue weighted by Gasteiger charge is 2.70. The number of carbonyl (C=O) groups excluding carboxylic acids is 3. The number of ether oxygens (including phenoxy) is 2. The van der Waals surface area contributed by atoms with Gasteiger partial charge in [-0.25, -0.2) is 0 Å². The summed E-state index contributed by atoms with van der Waals surface area (Å²) in [6, 6.07) is 0. The van der Waals surface area contributed by atoms with Crippen molar-refractivity contribution >= 4 is 33.7 Å². The summed E-state index contributed by atoms with van der Waals surface area (Å²) in [5, 5.41) is 12.0. The van der Waals surface area contributed by atoms with E-state index in [4.69, 9.17) is 9.47 Å². The molecule has 5 unspecified atom stereocenters. The van der Waals surface area contributed by atoms with E-state index in [1.165, 1.54) is 14.0 Å². The molecule has 0 spiro atoms. The number of hydrogen-bond donors (Lipinski definition) is 1. The Morgan fingerprint density at radius 2 is 1.89 bits per heavy atom. The Hall–Kier alpha value is -0.950. The summed E-state index contributed by atoms with van der Waals surface area (Å²) >= 11 is 4.00. The number of halogens is 1. The van der Waals surface area contributed by atoms with Crippen LogP contribution in [0.3, 0.4) is 0 Å². The predicted octanol–water partition coefficient (Wildman–Crippen LogP) is 5.33. The molecule has 0 aromatic heterocycles. The lowest BCUT2D eigenvalue weighted by atomic mass is 9.41. The van der Waals surface area contributed by atoms with Crippen LogP contribution in [0.2, 0.25) is 0 Å². The molecule has 4 fully saturated rings. The molecule has 4 aliphatic rings. The Balaban J connectivity index is 1.67. The van der Waals surface area contributed by atoms with Crippen molar-refractivity contribution in [1.29, 1.82) is 0 Å². The van der Waals surface area contributed by atoms with Crippen molar-refractivity contribution in [2.75, 3.05) is 7.11 Å². The van der Waals surface area contributed by atoms with Crippen molar-refractivity contribution in [3.8, 4) is 0 Å². The third-order valence-electron chi connectivity index (χ3n) is 11.3. The van der Waals surface area contributed by atoms with Crippen molar-refractivity contribution in [2.24, 2.45) is 52.3 Å². The highest BCUT2D eigenvalue weighted by atomic mass is 79.9. The van der Waals surface area contributed by atoms with Gasteiger partial charge in [-0.2, -0.15) is 0 Å². The molecular formula is C29H45BrO6. The van der Waals surface area contributed by atoms with Gasteiger partial charge in [-0.1, -0.05) is 43.6 Å². The van der Waals surface area contributed by atoms with Crippen molar-refractivity contribution in [3.63, 3.8) is 0 Å². The summed E-state index contributed by atoms with van der Waals surface area (Å²) in [5.41, 5.74) is -0.389. The molecule has 0 aliphatic heterocycles. The predicted molar refractivity (Wildman–Crippen MR) is 140 cm³/mol. The Bertz CT molecular complexity index is 876. The number of carbonyl (C=O) groups is 3. The fourth-order valence-electron chi connectivity index (χ4n) is 9.60. The van der Waals surface area contributed by atoms with E-state index in [0.717, 1.165) is 38.5 Å². The van der Waals surface area contributed by atoms with E-state index in [1.807, 2.05) is 0 Å². The molecule has 0 aromatic carbocycles. The van der Waals surface area contributed by atoms with Crippen LogP contribution in [0.15, 0.2) is 0 Å². The first kappa shape index (κ1) is 28.1. The number of methoxy groups -OCH3 is 1. The molecule has 4 rings (SSSR count). The van der Waals surface area contributed by atoms with Crippen LogP contribution in [0.25, 0.3) is 0 Å². The molecule has 7 heteroatoms. The molecule has 0 saturated heterocycles. The van der Waals surface area contributed by atoms with E-state index in [9.17, 15) is 19.5 Å². The molecule has 0 aromatic rings. The van der Waals surface area contributed by atoms with Gasteiger partial charge in [-0.15, -0.1) is 0 Å². The quantitative estimate of drug-likeness (QED) is 0.344. The largest absolute Gasteiger partial charge is 0.469 e. The van der Waals surface area contributed by atoms with Crippen molar-refractivity contribution < 1.29 is 29.0 Å². The standard InChI is InChI=1S/C29H45BrO6/c1-7-18-21-14-17(36-16(3)31)12-13-28(21,4)24-23(25(18)33)20-10-9-19(15(2)8-11-22(32)35-6)29(20,5)27(30)26(24)34/h15,17-21,23-24,26-27,34H,7-14H2,1-6H3/t15-,17-,18-,19-,20?,21+,23?,24?,26?,27?,28+,29-/m1/s1. The van der Waals surface area contributed by atoms with Crippen LogP contribution in [-0.2, 0) is 23.9 Å². The number of fused-ring (bicyclic) bond motifs is 5. The molecule has 204 valence electrons. The van der Waals surface area contributed by atoms with E-state index in [1.54, 1.807) is 0 Å². The molecule has 12 atom stereocenters. The fraction of sp³-hybridized carbons (Fsp3) is 0.897. The van der Waals surface area contributed by atoms with Gasteiger partial charge in [0.2, 0.25) is 0 Å². The fourth-order valence-corrected chi connectivity index (χ4v) is 10.6. The minimum Gasteiger partial charge on any atom is -0.469 e. The van der Waals surface area contributed by atoms with Gasteiger partial charge in [0.15, 0.2) is 0 Å². The van der Waals surface area contributed by atoms with Crippen molar-refractivity contribution in [1.82, 2.24) is 0 Å². The van der Waals surface area contributed by atoms with Crippen LogP contribution in [0.1, 0.15) is 86.0 Å². The third-order valence-corrected chi connectivity index (χ3v) is 12.8. The zero-order valence-corrected chi connectivity index (χ0v) is 24.4. The Labute approximate surface area is 224 Å². The lowest BCUT2D eigenvalue weighted by Crippen LogP contribution is -2.68. The molecule has 0 bridgehead atoms. The molecule has 0 radical (unpaired) electrons. The van der Waals surface area contributed by atoms with Crippen LogP contribution in [0, 0.1) is 52.3 Å². The smallest absolute Gasteiger partial charge is 0.305 e. The molecule has 6 nitrogen and oxygen atoms in total. The number of alkyl halides is 1. The molecule has 4 aliphatic carbocycles. The van der Waals surface area contributed by atoms with Gasteiger partial charge >= 0.3 is 11.9 Å². The first-order valence-corrected chi connectivity index (χ1v) is 14.9. The zero-order valence-electron chi connectivity index (χ0n) is 22.8. The Morgan fingerprint density at radius 1 is 1.19 bits per heavy atom. The summed E-state index contributed by atoms with van der Waals surface area (Å²) in [4.78, 5) is 37.7. The van der Waals surface area contributed by atoms with E-state index in [2.05, 4.69) is 43.6 Å². The van der Waals surface area contributed by atoms with Crippen LogP contribution >= 0.6 is 15.9 Å². The zero-order chi connectivity index (χ0) is 26.6. The van der Waals surface area contributed by atoms with E-state index in [-0.39, 0.29) is 63.3 Å². The van der Waals surface area contributed by atoms with Gasteiger partial charge in [0.05, 0.1) is 13.2 Å². The molecular weight excluding hydrogens is 524 g/mol. The van der Waals surface area contributed by atoms with Gasteiger partial charge in [-0.05, 0) is 79.4 Å². The number of ketones is 1. The Morgan fingerprint density at radius 3 is 2.50 bits per heavy atom. The van der Waals surface area contributed by atoms with E-state index >= 15 is 0 Å². The van der Waals surface area contributed by atoms with Crippen molar-refractivity contribution in [2.45, 2.75) is 103 Å². The highest BCUT2D eigenvalue weighted by molar-refractivity contribution is 9.09. The van der Waals surface area contributed by atoms with E-state index in [0.29, 0.717) is 30.5 Å². The summed E-state index contributed by atoms with van der Waals surface area (Å²) in [5.74, 6) is 0.531. The highest BCUT2D eigenvalue weighted by Crippen LogP contribution is 2.70. The molecule has 1 N–H and O–H groups in total. The number of aliphatic hydroxyl groups is 1. The van der Waals surface area contributed by atoms with E-state index < -0.39 is 6.10 Å². The summed E-state index contributed by atoms with van der Waals surface area (Å²) in [6.45, 7) is 10.4. The number of aliphatic hydroxyl groups excluding tert-OH is 1. The van der Waals surface area contributed by atoms with Crippen LogP contribution in [0.5, 0.6) is 0 Å². The average Bonchev–Trinajstić information content (AvgIpc) is 3.19. The number of hydrogen-bond acceptors (Lipinski definition) is 6. The summed E-state index contributed by atoms with van der Waals surface area (Å²) < 4.78 is 10.5. The lowest BCUT2D eigenvalue weighted by Gasteiger charge is -2.65. The van der Waals surface area contributed by atoms with Crippen LogP contribution in [-0.4, -0.2) is 47.0 Å². The van der Waals surface area contributed by atoms with Gasteiger partial charge in [0.25, 0.3) is 0 Å². The maximum atomic E-state index is 14.3.